The molecule has 43 heavy (non-hydrogen) atoms. The van der Waals surface area contributed by atoms with Gasteiger partial charge in [-0.05, 0) is 70.4 Å². The number of methoxy groups -OCH3 is 1. The number of aromatic nitrogens is 1. The minimum atomic E-state index is -0.987. The van der Waals surface area contributed by atoms with Crippen LogP contribution in [0.1, 0.15) is 90.8 Å². The number of likely N-dealkylation sites (tertiary alicyclic amines) is 1. The number of aryl methyl sites for hydroxylation is 1. The highest BCUT2D eigenvalue weighted by Crippen LogP contribution is 2.25. The number of benzene rings is 1. The predicted molar refractivity (Wildman–Crippen MR) is 169 cm³/mol. The van der Waals surface area contributed by atoms with Crippen LogP contribution in [-0.4, -0.2) is 71.0 Å². The lowest BCUT2D eigenvalue weighted by atomic mass is 9.97. The number of unbranched alkanes of at least 4 members (excludes halogenated alkanes) is 1. The molecule has 1 saturated heterocycles. The number of amides is 4. The molecule has 0 aliphatic carbocycles. The van der Waals surface area contributed by atoms with Gasteiger partial charge in [0.25, 0.3) is 0 Å². The summed E-state index contributed by atoms with van der Waals surface area (Å²) in [5, 5.41) is 9.73. The zero-order chi connectivity index (χ0) is 31.7. The number of carbonyl (C=O) groups excluding carboxylic acids is 4. The molecule has 1 aromatic carbocycles. The van der Waals surface area contributed by atoms with E-state index in [1.165, 1.54) is 7.11 Å². The van der Waals surface area contributed by atoms with Crippen molar-refractivity contribution in [3.05, 3.63) is 35.5 Å². The summed E-state index contributed by atoms with van der Waals surface area (Å²) in [7, 11) is 1.30. The quantitative estimate of drug-likeness (QED) is 0.248. The largest absolute Gasteiger partial charge is 0.467 e. The summed E-state index contributed by atoms with van der Waals surface area (Å²) in [4.78, 5) is 58.8. The second-order valence-electron chi connectivity index (χ2n) is 12.4. The molecule has 0 radical (unpaired) electrons. The highest BCUT2D eigenvalue weighted by atomic mass is 16.5. The van der Waals surface area contributed by atoms with Gasteiger partial charge < -0.3 is 30.6 Å². The van der Waals surface area contributed by atoms with Crippen LogP contribution in [0.3, 0.4) is 0 Å². The van der Waals surface area contributed by atoms with E-state index in [-0.39, 0.29) is 30.5 Å². The Labute approximate surface area is 256 Å². The molecule has 2 aromatic rings. The summed E-state index contributed by atoms with van der Waals surface area (Å²) in [6.45, 7) is 12.0. The first-order chi connectivity index (χ1) is 20.5. The van der Waals surface area contributed by atoms with E-state index in [0.29, 0.717) is 12.8 Å². The number of para-hydroxylation sites is 1. The van der Waals surface area contributed by atoms with Gasteiger partial charge in [-0.15, -0.1) is 0 Å². The highest BCUT2D eigenvalue weighted by Gasteiger charge is 2.34. The predicted octanol–water partition coefficient (Wildman–Crippen LogP) is 4.74. The van der Waals surface area contributed by atoms with Crippen molar-refractivity contribution in [3.63, 3.8) is 0 Å². The Balaban J connectivity index is 1.89. The number of rotatable bonds is 13. The standard InChI is InChI=1S/C33H51N5O5/c1-8-9-16-27(32(41)43-7)35-31(40)29(19-25-23(6)34-26-17-11-10-15-24(25)26)36-30(39)28(18-20(2)3)37-33(42)38-21(4)13-12-14-22(38)5/h10-11,15,17,20-22,27-29,34H,8-9,12-14,16,18-19H2,1-7H3,(H,35,40)(H,36,39)(H,37,42)/t21-,22+,27-,28+,29-/m1/s1. The third-order valence-electron chi connectivity index (χ3n) is 8.47. The van der Waals surface area contributed by atoms with Gasteiger partial charge in [-0.3, -0.25) is 9.59 Å². The van der Waals surface area contributed by atoms with Crippen LogP contribution in [-0.2, 0) is 25.5 Å². The molecule has 5 atom stereocenters. The zero-order valence-electron chi connectivity index (χ0n) is 26.9. The average molecular weight is 598 g/mol. The van der Waals surface area contributed by atoms with Gasteiger partial charge in [0.1, 0.15) is 18.1 Å². The van der Waals surface area contributed by atoms with Crippen molar-refractivity contribution in [2.24, 2.45) is 5.92 Å². The van der Waals surface area contributed by atoms with Crippen molar-refractivity contribution in [1.29, 1.82) is 0 Å². The van der Waals surface area contributed by atoms with Crippen LogP contribution in [0.15, 0.2) is 24.3 Å². The highest BCUT2D eigenvalue weighted by molar-refractivity contribution is 5.94. The fourth-order valence-electron chi connectivity index (χ4n) is 6.10. The van der Waals surface area contributed by atoms with Gasteiger partial charge in [0.15, 0.2) is 0 Å². The number of nitrogens with one attached hydrogen (secondary N) is 4. The van der Waals surface area contributed by atoms with Gasteiger partial charge in [0.05, 0.1) is 7.11 Å². The first-order valence-corrected chi connectivity index (χ1v) is 15.8. The molecule has 10 heteroatoms. The van der Waals surface area contributed by atoms with Gasteiger partial charge in [-0.1, -0.05) is 51.8 Å². The Morgan fingerprint density at radius 2 is 1.60 bits per heavy atom. The van der Waals surface area contributed by atoms with Gasteiger partial charge in [0.2, 0.25) is 11.8 Å². The summed E-state index contributed by atoms with van der Waals surface area (Å²) in [5.74, 6) is -1.31. The fourth-order valence-corrected chi connectivity index (χ4v) is 6.10. The Morgan fingerprint density at radius 1 is 0.977 bits per heavy atom. The molecule has 0 spiro atoms. The number of nitrogens with zero attached hydrogens (tertiary/aromatic N) is 1. The molecule has 1 aliphatic rings. The molecule has 4 N–H and O–H groups in total. The number of aromatic amines is 1. The van der Waals surface area contributed by atoms with E-state index in [9.17, 15) is 19.2 Å². The fraction of sp³-hybridized carbons (Fsp3) is 0.636. The number of piperidine rings is 1. The van der Waals surface area contributed by atoms with Crippen molar-refractivity contribution in [3.8, 4) is 0 Å². The molecular formula is C33H51N5O5. The van der Waals surface area contributed by atoms with E-state index in [1.807, 2.05) is 70.7 Å². The van der Waals surface area contributed by atoms with Gasteiger partial charge in [-0.25, -0.2) is 9.59 Å². The molecule has 3 rings (SSSR count). The van der Waals surface area contributed by atoms with Crippen LogP contribution in [0.5, 0.6) is 0 Å². The number of carbonyl (C=O) groups is 4. The molecule has 4 amide bonds. The molecular weight excluding hydrogens is 546 g/mol. The molecule has 0 saturated carbocycles. The monoisotopic (exact) mass is 597 g/mol. The Hall–Kier alpha value is -3.56. The van der Waals surface area contributed by atoms with E-state index >= 15 is 0 Å². The molecule has 238 valence electrons. The van der Waals surface area contributed by atoms with Crippen molar-refractivity contribution in [2.75, 3.05) is 7.11 Å². The Bertz CT molecular complexity index is 1250. The third kappa shape index (κ3) is 8.97. The summed E-state index contributed by atoms with van der Waals surface area (Å²) in [6.07, 6.45) is 5.54. The first kappa shape index (κ1) is 33.9. The van der Waals surface area contributed by atoms with E-state index in [4.69, 9.17) is 4.74 Å². The van der Waals surface area contributed by atoms with Crippen molar-refractivity contribution >= 4 is 34.7 Å². The van der Waals surface area contributed by atoms with Gasteiger partial charge in [-0.2, -0.15) is 0 Å². The van der Waals surface area contributed by atoms with Crippen molar-refractivity contribution in [2.45, 2.75) is 123 Å². The summed E-state index contributed by atoms with van der Waals surface area (Å²) >= 11 is 0. The maximum atomic E-state index is 13.9. The second-order valence-corrected chi connectivity index (χ2v) is 12.4. The van der Waals surface area contributed by atoms with Crippen LogP contribution < -0.4 is 16.0 Å². The zero-order valence-corrected chi connectivity index (χ0v) is 26.9. The number of ether oxygens (including phenoxy) is 1. The van der Waals surface area contributed by atoms with Gasteiger partial charge in [0, 0.05) is 35.1 Å². The topological polar surface area (TPSA) is 133 Å². The Morgan fingerprint density at radius 3 is 2.23 bits per heavy atom. The Kier molecular flexibility index (Phi) is 12.5. The normalized spacial score (nSPS) is 19.0. The number of H-pyrrole nitrogens is 1. The summed E-state index contributed by atoms with van der Waals surface area (Å²) < 4.78 is 4.96. The first-order valence-electron chi connectivity index (χ1n) is 15.8. The molecule has 1 fully saturated rings. The minimum Gasteiger partial charge on any atom is -0.467 e. The van der Waals surface area contributed by atoms with Crippen molar-refractivity contribution < 1.29 is 23.9 Å². The number of hydrogen-bond acceptors (Lipinski definition) is 5. The SMILES string of the molecule is CCCC[C@@H](NC(=O)[C@@H](Cc1c(C)[nH]c2ccccc12)NC(=O)[C@H](CC(C)C)NC(=O)N1[C@H](C)CCC[C@@H]1C)C(=O)OC. The van der Waals surface area contributed by atoms with Gasteiger partial charge >= 0.3 is 12.0 Å². The van der Waals surface area contributed by atoms with E-state index in [2.05, 4.69) is 20.9 Å². The lowest BCUT2D eigenvalue weighted by Gasteiger charge is -2.39. The molecule has 2 heterocycles. The lowest BCUT2D eigenvalue weighted by molar-refractivity contribution is -0.145. The number of urea groups is 1. The van der Waals surface area contributed by atoms with Crippen LogP contribution in [0.4, 0.5) is 4.79 Å². The maximum absolute atomic E-state index is 13.9. The molecule has 0 unspecified atom stereocenters. The number of fused-ring (bicyclic) bond motifs is 1. The smallest absolute Gasteiger partial charge is 0.328 e. The number of esters is 1. The van der Waals surface area contributed by atoms with Crippen LogP contribution >= 0.6 is 0 Å². The third-order valence-corrected chi connectivity index (χ3v) is 8.47. The van der Waals surface area contributed by atoms with E-state index < -0.39 is 35.9 Å². The van der Waals surface area contributed by atoms with Crippen LogP contribution in [0.2, 0.25) is 0 Å². The van der Waals surface area contributed by atoms with E-state index in [1.54, 1.807) is 0 Å². The molecule has 1 aromatic heterocycles. The summed E-state index contributed by atoms with van der Waals surface area (Å²) in [5.41, 5.74) is 2.73. The molecule has 0 bridgehead atoms. The molecule has 10 nitrogen and oxygen atoms in total. The molecule has 1 aliphatic heterocycles. The van der Waals surface area contributed by atoms with E-state index in [0.717, 1.165) is 54.3 Å². The maximum Gasteiger partial charge on any atom is 0.328 e. The second kappa shape index (κ2) is 15.8. The lowest BCUT2D eigenvalue weighted by Crippen LogP contribution is -2.59. The summed E-state index contributed by atoms with van der Waals surface area (Å²) in [6, 6.07) is 5.06. The van der Waals surface area contributed by atoms with Crippen LogP contribution in [0.25, 0.3) is 10.9 Å². The van der Waals surface area contributed by atoms with Crippen LogP contribution in [0, 0.1) is 12.8 Å². The minimum absolute atomic E-state index is 0.0771. The van der Waals surface area contributed by atoms with Crippen molar-refractivity contribution in [1.82, 2.24) is 25.8 Å². The number of hydrogen-bond donors (Lipinski definition) is 4. The average Bonchev–Trinajstić information content (AvgIpc) is 3.28.